The number of nitrogens with zero attached hydrogens (tertiary/aromatic N) is 2. The number of hydrogen-bond donors (Lipinski definition) is 2. The van der Waals surface area contributed by atoms with Crippen molar-refractivity contribution >= 4 is 11.8 Å². The van der Waals surface area contributed by atoms with Gasteiger partial charge in [-0.15, -0.1) is 0 Å². The van der Waals surface area contributed by atoms with Crippen molar-refractivity contribution in [3.8, 4) is 0 Å². The van der Waals surface area contributed by atoms with Gasteiger partial charge in [-0.05, 0) is 45.6 Å². The maximum Gasteiger partial charge on any atom is 0.287 e. The van der Waals surface area contributed by atoms with Gasteiger partial charge >= 0.3 is 0 Å². The van der Waals surface area contributed by atoms with E-state index in [2.05, 4.69) is 15.6 Å². The van der Waals surface area contributed by atoms with Gasteiger partial charge in [0.25, 0.3) is 11.8 Å². The molecule has 2 amide bonds. The average molecular weight is 354 g/mol. The second-order valence-corrected chi connectivity index (χ2v) is 7.14. The van der Waals surface area contributed by atoms with Gasteiger partial charge in [-0.3, -0.25) is 9.59 Å². The highest BCUT2D eigenvalue weighted by Crippen LogP contribution is 2.21. The Bertz CT molecular complexity index is 806. The van der Waals surface area contributed by atoms with Crippen LogP contribution in [0.15, 0.2) is 24.3 Å². The van der Waals surface area contributed by atoms with Crippen LogP contribution in [0.25, 0.3) is 0 Å². The molecule has 0 atom stereocenters. The van der Waals surface area contributed by atoms with Crippen LogP contribution >= 0.6 is 0 Å². The molecule has 138 valence electrons. The lowest BCUT2D eigenvalue weighted by molar-refractivity contribution is 0.0934. The van der Waals surface area contributed by atoms with Crippen LogP contribution < -0.4 is 10.6 Å². The number of aromatic nitrogens is 2. The number of carbonyl (C=O) groups is 2. The third kappa shape index (κ3) is 3.95. The molecule has 0 saturated heterocycles. The van der Waals surface area contributed by atoms with Crippen LogP contribution in [0.3, 0.4) is 0 Å². The van der Waals surface area contributed by atoms with E-state index in [1.807, 2.05) is 49.6 Å². The quantitative estimate of drug-likeness (QED) is 0.866. The highest BCUT2D eigenvalue weighted by Gasteiger charge is 2.27. The number of fused-ring (bicyclic) bond motifs is 1. The first-order valence-corrected chi connectivity index (χ1v) is 9.19. The number of amides is 2. The van der Waals surface area contributed by atoms with Crippen LogP contribution in [0.2, 0.25) is 0 Å². The lowest BCUT2D eigenvalue weighted by Gasteiger charge is -2.17. The van der Waals surface area contributed by atoms with Crippen LogP contribution in [0.4, 0.5) is 0 Å². The van der Waals surface area contributed by atoms with E-state index in [0.717, 1.165) is 37.1 Å². The third-order valence-corrected chi connectivity index (χ3v) is 4.53. The van der Waals surface area contributed by atoms with E-state index in [-0.39, 0.29) is 17.9 Å². The molecule has 0 spiro atoms. The number of benzene rings is 1. The highest BCUT2D eigenvalue weighted by molar-refractivity contribution is 5.97. The summed E-state index contributed by atoms with van der Waals surface area (Å²) in [7, 11) is 0. The Labute approximate surface area is 154 Å². The Hall–Kier alpha value is -2.63. The molecule has 1 aliphatic rings. The molecule has 0 radical (unpaired) electrons. The van der Waals surface area contributed by atoms with Crippen LogP contribution in [0.5, 0.6) is 0 Å². The minimum atomic E-state index is -0.239. The Morgan fingerprint density at radius 2 is 1.88 bits per heavy atom. The molecule has 1 aromatic carbocycles. The topological polar surface area (TPSA) is 76.0 Å². The molecule has 2 heterocycles. The zero-order valence-electron chi connectivity index (χ0n) is 15.6. The predicted octanol–water partition coefficient (Wildman–Crippen LogP) is 2.60. The summed E-state index contributed by atoms with van der Waals surface area (Å²) < 4.78 is 1.91. The molecule has 2 aromatic rings. The predicted molar refractivity (Wildman–Crippen MR) is 100 cm³/mol. The summed E-state index contributed by atoms with van der Waals surface area (Å²) >= 11 is 0. The van der Waals surface area contributed by atoms with Gasteiger partial charge < -0.3 is 15.2 Å². The average Bonchev–Trinajstić information content (AvgIpc) is 3.00. The lowest BCUT2D eigenvalue weighted by Crippen LogP contribution is -2.31. The molecule has 3 rings (SSSR count). The Morgan fingerprint density at radius 1 is 1.15 bits per heavy atom. The molecule has 2 N–H and O–H groups in total. The minimum Gasteiger partial charge on any atom is -0.348 e. The summed E-state index contributed by atoms with van der Waals surface area (Å²) in [4.78, 5) is 29.6. The van der Waals surface area contributed by atoms with Crippen molar-refractivity contribution < 1.29 is 9.59 Å². The first-order chi connectivity index (χ1) is 12.5. The molecule has 1 aliphatic heterocycles. The minimum absolute atomic E-state index is 0.0299. The summed E-state index contributed by atoms with van der Waals surface area (Å²) in [5.41, 5.74) is 3.48. The zero-order chi connectivity index (χ0) is 18.7. The summed E-state index contributed by atoms with van der Waals surface area (Å²) in [6, 6.07) is 8.07. The molecule has 6 heteroatoms. The Kier molecular flexibility index (Phi) is 5.40. The van der Waals surface area contributed by atoms with E-state index in [1.54, 1.807) is 0 Å². The van der Waals surface area contributed by atoms with Crippen LogP contribution in [0, 0.1) is 6.92 Å². The van der Waals surface area contributed by atoms with E-state index < -0.39 is 0 Å². The van der Waals surface area contributed by atoms with E-state index in [4.69, 9.17) is 0 Å². The number of aryl methyl sites for hydroxylation is 1. The van der Waals surface area contributed by atoms with Crippen molar-refractivity contribution in [2.75, 3.05) is 0 Å². The van der Waals surface area contributed by atoms with Gasteiger partial charge in [-0.2, -0.15) is 0 Å². The molecule has 6 nitrogen and oxygen atoms in total. The van der Waals surface area contributed by atoms with E-state index in [9.17, 15) is 9.59 Å². The fourth-order valence-electron chi connectivity index (χ4n) is 3.20. The molecular formula is C20H26N4O2. The first-order valence-electron chi connectivity index (χ1n) is 9.19. The van der Waals surface area contributed by atoms with Gasteiger partial charge in [-0.25, -0.2) is 4.98 Å². The highest BCUT2D eigenvalue weighted by atomic mass is 16.2. The fraction of sp³-hybridized carbons (Fsp3) is 0.450. The van der Waals surface area contributed by atoms with E-state index >= 15 is 0 Å². The van der Waals surface area contributed by atoms with Crippen molar-refractivity contribution in [2.24, 2.45) is 0 Å². The van der Waals surface area contributed by atoms with Gasteiger partial charge in [-0.1, -0.05) is 29.8 Å². The number of carbonyl (C=O) groups excluding carboxylic acids is 2. The second-order valence-electron chi connectivity index (χ2n) is 7.14. The Balaban J connectivity index is 1.80. The summed E-state index contributed by atoms with van der Waals surface area (Å²) in [5, 5.41) is 5.80. The molecule has 0 saturated carbocycles. The largest absolute Gasteiger partial charge is 0.348 e. The van der Waals surface area contributed by atoms with E-state index in [0.29, 0.717) is 18.1 Å². The molecule has 0 unspecified atom stereocenters. The molecule has 26 heavy (non-hydrogen) atoms. The fourth-order valence-corrected chi connectivity index (χ4v) is 3.20. The Morgan fingerprint density at radius 3 is 2.58 bits per heavy atom. The molecule has 1 aromatic heterocycles. The molecule has 0 fully saturated rings. The summed E-state index contributed by atoms with van der Waals surface area (Å²) in [5.74, 6) is -0.110. The molecule has 0 aliphatic carbocycles. The number of rotatable bonds is 5. The van der Waals surface area contributed by atoms with Crippen molar-refractivity contribution in [2.45, 2.75) is 59.2 Å². The van der Waals surface area contributed by atoms with E-state index in [1.165, 1.54) is 5.56 Å². The van der Waals surface area contributed by atoms with Gasteiger partial charge in [0.05, 0.1) is 5.69 Å². The van der Waals surface area contributed by atoms with Crippen molar-refractivity contribution in [1.82, 2.24) is 20.2 Å². The van der Waals surface area contributed by atoms with Crippen LogP contribution in [-0.2, 0) is 19.5 Å². The third-order valence-electron chi connectivity index (χ3n) is 4.53. The van der Waals surface area contributed by atoms with Crippen molar-refractivity contribution in [3.63, 3.8) is 0 Å². The maximum absolute atomic E-state index is 12.7. The second kappa shape index (κ2) is 7.72. The number of hydrogen-bond acceptors (Lipinski definition) is 3. The smallest absolute Gasteiger partial charge is 0.287 e. The molecular weight excluding hydrogens is 328 g/mol. The summed E-state index contributed by atoms with van der Waals surface area (Å²) in [6.07, 6.45) is 2.78. The van der Waals surface area contributed by atoms with Crippen LogP contribution in [0.1, 0.15) is 64.6 Å². The molecule has 0 bridgehead atoms. The van der Waals surface area contributed by atoms with Crippen molar-refractivity contribution in [3.05, 3.63) is 52.6 Å². The first kappa shape index (κ1) is 18.2. The monoisotopic (exact) mass is 354 g/mol. The maximum atomic E-state index is 12.7. The standard InChI is InChI=1S/C20H26N4O2/c1-13(2)22-19(25)17-16-6-4-5-11-24(16)18(23-17)20(26)21-12-15-9-7-14(3)8-10-15/h7-10,13H,4-6,11-12H2,1-3H3,(H,21,26)(H,22,25). The van der Waals surface area contributed by atoms with Crippen molar-refractivity contribution in [1.29, 1.82) is 0 Å². The number of nitrogens with one attached hydrogen (secondary N) is 2. The van der Waals surface area contributed by atoms with Crippen LogP contribution in [-0.4, -0.2) is 27.4 Å². The van der Waals surface area contributed by atoms with Gasteiger partial charge in [0.1, 0.15) is 5.69 Å². The normalized spacial score (nSPS) is 13.4. The van der Waals surface area contributed by atoms with Gasteiger partial charge in [0, 0.05) is 19.1 Å². The van der Waals surface area contributed by atoms with Gasteiger partial charge in [0.2, 0.25) is 0 Å². The SMILES string of the molecule is Cc1ccc(CNC(=O)c2nc(C(=O)NC(C)C)c3n2CCCC3)cc1. The van der Waals surface area contributed by atoms with Gasteiger partial charge in [0.15, 0.2) is 5.82 Å². The lowest BCUT2D eigenvalue weighted by atomic mass is 10.1. The zero-order valence-corrected chi connectivity index (χ0v) is 15.6. The number of imidazole rings is 1. The summed E-state index contributed by atoms with van der Waals surface area (Å²) in [6.45, 7) is 7.02.